The summed E-state index contributed by atoms with van der Waals surface area (Å²) in [7, 11) is 1.80. The Bertz CT molecular complexity index is 309. The van der Waals surface area contributed by atoms with E-state index < -0.39 is 0 Å². The van der Waals surface area contributed by atoms with Crippen molar-refractivity contribution < 1.29 is 9.21 Å². The number of aldehydes is 1. The van der Waals surface area contributed by atoms with Gasteiger partial charge in [0.15, 0.2) is 17.9 Å². The fraction of sp³-hybridized carbons (Fsp3) is 0.222. The molecule has 0 spiro atoms. The lowest BCUT2D eigenvalue weighted by molar-refractivity contribution is 0.110. The standard InChI is InChI=1S/C9H9NO2/c1-3-6-10(2)9-5-4-8(7-11)12-9/h1,4-5,7H,6H2,2H3. The molecule has 3 nitrogen and oxygen atoms in total. The Labute approximate surface area is 71.0 Å². The first kappa shape index (κ1) is 8.41. The molecule has 1 heterocycles. The van der Waals surface area contributed by atoms with Gasteiger partial charge in [-0.2, -0.15) is 0 Å². The number of furan rings is 1. The minimum absolute atomic E-state index is 0.314. The molecule has 0 saturated carbocycles. The van der Waals surface area contributed by atoms with Crippen LogP contribution < -0.4 is 4.90 Å². The van der Waals surface area contributed by atoms with E-state index in [0.717, 1.165) is 0 Å². The molecule has 1 aromatic heterocycles. The van der Waals surface area contributed by atoms with Crippen LogP contribution in [0.4, 0.5) is 5.88 Å². The van der Waals surface area contributed by atoms with E-state index in [1.807, 2.05) is 0 Å². The number of hydrogen-bond donors (Lipinski definition) is 0. The van der Waals surface area contributed by atoms with Crippen LogP contribution in [-0.4, -0.2) is 19.9 Å². The van der Waals surface area contributed by atoms with Crippen LogP contribution in [0, 0.1) is 12.3 Å². The smallest absolute Gasteiger partial charge is 0.196 e. The first-order chi connectivity index (χ1) is 5.77. The molecule has 0 bridgehead atoms. The summed E-state index contributed by atoms with van der Waals surface area (Å²) in [6.45, 7) is 0.464. The highest BCUT2D eigenvalue weighted by Crippen LogP contribution is 2.14. The number of anilines is 1. The largest absolute Gasteiger partial charge is 0.438 e. The van der Waals surface area contributed by atoms with Gasteiger partial charge in [0.2, 0.25) is 0 Å². The first-order valence-corrected chi connectivity index (χ1v) is 3.47. The molecule has 0 aliphatic rings. The number of carbonyl (C=O) groups excluding carboxylic acids is 1. The van der Waals surface area contributed by atoms with Gasteiger partial charge in [-0.15, -0.1) is 6.42 Å². The average Bonchev–Trinajstić information content (AvgIpc) is 2.52. The Morgan fingerprint density at radius 2 is 2.50 bits per heavy atom. The van der Waals surface area contributed by atoms with Gasteiger partial charge in [0, 0.05) is 13.1 Å². The van der Waals surface area contributed by atoms with Crippen LogP contribution >= 0.6 is 0 Å². The van der Waals surface area contributed by atoms with Crippen molar-refractivity contribution in [2.24, 2.45) is 0 Å². The molecular weight excluding hydrogens is 154 g/mol. The van der Waals surface area contributed by atoms with E-state index in [9.17, 15) is 4.79 Å². The van der Waals surface area contributed by atoms with Crippen molar-refractivity contribution in [3.63, 3.8) is 0 Å². The molecule has 1 aromatic rings. The second-order valence-electron chi connectivity index (χ2n) is 2.35. The summed E-state index contributed by atoms with van der Waals surface area (Å²) in [5, 5.41) is 0. The van der Waals surface area contributed by atoms with Crippen molar-refractivity contribution in [2.45, 2.75) is 0 Å². The minimum atomic E-state index is 0.314. The quantitative estimate of drug-likeness (QED) is 0.495. The van der Waals surface area contributed by atoms with Gasteiger partial charge in [0.05, 0.1) is 6.54 Å². The molecule has 62 valence electrons. The zero-order valence-corrected chi connectivity index (χ0v) is 6.78. The lowest BCUT2D eigenvalue weighted by Gasteiger charge is -2.10. The molecule has 0 aliphatic carbocycles. The summed E-state index contributed by atoms with van der Waals surface area (Å²) in [5.41, 5.74) is 0. The average molecular weight is 163 g/mol. The maximum atomic E-state index is 10.2. The van der Waals surface area contributed by atoms with Crippen molar-refractivity contribution in [2.75, 3.05) is 18.5 Å². The van der Waals surface area contributed by atoms with Crippen LogP contribution in [0.1, 0.15) is 10.6 Å². The molecule has 0 N–H and O–H groups in total. The van der Waals surface area contributed by atoms with E-state index >= 15 is 0 Å². The lowest BCUT2D eigenvalue weighted by atomic mass is 10.5. The second kappa shape index (κ2) is 3.63. The highest BCUT2D eigenvalue weighted by Gasteiger charge is 2.03. The van der Waals surface area contributed by atoms with E-state index in [-0.39, 0.29) is 0 Å². The predicted molar refractivity (Wildman–Crippen MR) is 46.2 cm³/mol. The lowest BCUT2D eigenvalue weighted by Crippen LogP contribution is -2.15. The number of rotatable bonds is 3. The molecule has 0 aliphatic heterocycles. The van der Waals surface area contributed by atoms with Gasteiger partial charge in [-0.3, -0.25) is 4.79 Å². The molecule has 1 rings (SSSR count). The van der Waals surface area contributed by atoms with E-state index in [4.69, 9.17) is 10.8 Å². The van der Waals surface area contributed by atoms with E-state index in [0.29, 0.717) is 24.5 Å². The Morgan fingerprint density at radius 1 is 1.75 bits per heavy atom. The fourth-order valence-corrected chi connectivity index (χ4v) is 0.826. The van der Waals surface area contributed by atoms with Crippen LogP contribution in [0.2, 0.25) is 0 Å². The molecule has 3 heteroatoms. The fourth-order valence-electron chi connectivity index (χ4n) is 0.826. The van der Waals surface area contributed by atoms with Crippen molar-refractivity contribution in [1.82, 2.24) is 0 Å². The van der Waals surface area contributed by atoms with Crippen molar-refractivity contribution in [3.8, 4) is 12.3 Å². The van der Waals surface area contributed by atoms with Crippen molar-refractivity contribution in [1.29, 1.82) is 0 Å². The zero-order chi connectivity index (χ0) is 8.97. The number of carbonyl (C=O) groups is 1. The molecule has 12 heavy (non-hydrogen) atoms. The second-order valence-corrected chi connectivity index (χ2v) is 2.35. The van der Waals surface area contributed by atoms with Gasteiger partial charge in [0.25, 0.3) is 0 Å². The summed E-state index contributed by atoms with van der Waals surface area (Å²) >= 11 is 0. The molecule has 0 atom stereocenters. The molecule has 0 fully saturated rings. The molecule has 0 saturated heterocycles. The highest BCUT2D eigenvalue weighted by atomic mass is 16.4. The number of nitrogens with zero attached hydrogens (tertiary/aromatic N) is 1. The van der Waals surface area contributed by atoms with Crippen LogP contribution in [0.3, 0.4) is 0 Å². The normalized spacial score (nSPS) is 9.00. The Kier molecular flexibility index (Phi) is 2.54. The van der Waals surface area contributed by atoms with E-state index in [1.54, 1.807) is 24.1 Å². The zero-order valence-electron chi connectivity index (χ0n) is 6.78. The Balaban J connectivity index is 2.75. The third-order valence-electron chi connectivity index (χ3n) is 1.43. The van der Waals surface area contributed by atoms with Crippen molar-refractivity contribution >= 4 is 12.2 Å². The summed E-state index contributed by atoms with van der Waals surface area (Å²) in [6.07, 6.45) is 5.76. The topological polar surface area (TPSA) is 33.5 Å². The first-order valence-electron chi connectivity index (χ1n) is 3.47. The monoisotopic (exact) mass is 163 g/mol. The minimum Gasteiger partial charge on any atom is -0.438 e. The third kappa shape index (κ3) is 1.67. The van der Waals surface area contributed by atoms with Gasteiger partial charge < -0.3 is 9.32 Å². The van der Waals surface area contributed by atoms with E-state index in [2.05, 4.69) is 5.92 Å². The van der Waals surface area contributed by atoms with Gasteiger partial charge in [-0.1, -0.05) is 5.92 Å². The molecule has 0 aromatic carbocycles. The number of hydrogen-bond acceptors (Lipinski definition) is 3. The van der Waals surface area contributed by atoms with Crippen LogP contribution in [0.5, 0.6) is 0 Å². The van der Waals surface area contributed by atoms with Crippen LogP contribution in [0.15, 0.2) is 16.5 Å². The van der Waals surface area contributed by atoms with Gasteiger partial charge in [0.1, 0.15) is 0 Å². The molecule has 0 unspecified atom stereocenters. The summed E-state index contributed by atoms with van der Waals surface area (Å²) in [6, 6.07) is 3.32. The molecular formula is C9H9NO2. The third-order valence-corrected chi connectivity index (χ3v) is 1.43. The summed E-state index contributed by atoms with van der Waals surface area (Å²) in [4.78, 5) is 12.0. The Hall–Kier alpha value is -1.69. The van der Waals surface area contributed by atoms with Crippen LogP contribution in [0.25, 0.3) is 0 Å². The highest BCUT2D eigenvalue weighted by molar-refractivity contribution is 5.71. The van der Waals surface area contributed by atoms with Crippen LogP contribution in [-0.2, 0) is 0 Å². The molecule has 0 radical (unpaired) electrons. The predicted octanol–water partition coefficient (Wildman–Crippen LogP) is 1.16. The van der Waals surface area contributed by atoms with E-state index in [1.165, 1.54) is 0 Å². The van der Waals surface area contributed by atoms with Gasteiger partial charge >= 0.3 is 0 Å². The van der Waals surface area contributed by atoms with Crippen molar-refractivity contribution in [3.05, 3.63) is 17.9 Å². The Morgan fingerprint density at radius 3 is 3.00 bits per heavy atom. The maximum absolute atomic E-state index is 10.2. The SMILES string of the molecule is C#CCN(C)c1ccc(C=O)o1. The summed E-state index contributed by atoms with van der Waals surface area (Å²) in [5.74, 6) is 3.39. The maximum Gasteiger partial charge on any atom is 0.196 e. The molecule has 0 amide bonds. The summed E-state index contributed by atoms with van der Waals surface area (Å²) < 4.78 is 5.11. The van der Waals surface area contributed by atoms with Gasteiger partial charge in [-0.05, 0) is 6.07 Å². The van der Waals surface area contributed by atoms with Gasteiger partial charge in [-0.25, -0.2) is 0 Å². The number of terminal acetylenes is 1.